The molecular formula is C15H24N4O5S. The molecule has 0 spiro atoms. The number of ether oxygens (including phenoxy) is 1. The first-order valence-corrected chi connectivity index (χ1v) is 9.44. The second-order valence-electron chi connectivity index (χ2n) is 5.77. The van der Waals surface area contributed by atoms with Crippen molar-refractivity contribution in [3.63, 3.8) is 0 Å². The summed E-state index contributed by atoms with van der Waals surface area (Å²) in [6.07, 6.45) is 1.02. The second kappa shape index (κ2) is 8.56. The molecule has 0 saturated carbocycles. The highest BCUT2D eigenvalue weighted by Crippen LogP contribution is 2.28. The van der Waals surface area contributed by atoms with Crippen molar-refractivity contribution < 1.29 is 22.7 Å². The van der Waals surface area contributed by atoms with E-state index in [0.717, 1.165) is 6.26 Å². The molecule has 9 nitrogen and oxygen atoms in total. The number of imide groups is 1. The van der Waals surface area contributed by atoms with E-state index in [4.69, 9.17) is 4.74 Å². The van der Waals surface area contributed by atoms with Crippen molar-refractivity contribution in [1.82, 2.24) is 10.6 Å². The van der Waals surface area contributed by atoms with Crippen LogP contribution in [0.25, 0.3) is 0 Å². The molecule has 10 heteroatoms. The summed E-state index contributed by atoms with van der Waals surface area (Å²) < 4.78 is 30.3. The Morgan fingerprint density at radius 3 is 2.32 bits per heavy atom. The van der Waals surface area contributed by atoms with Gasteiger partial charge in [0.15, 0.2) is 0 Å². The van der Waals surface area contributed by atoms with Gasteiger partial charge in [-0.15, -0.1) is 0 Å². The number of urea groups is 1. The molecule has 1 atom stereocenters. The number of rotatable bonds is 7. The lowest BCUT2D eigenvalue weighted by atomic mass is 10.2. The van der Waals surface area contributed by atoms with Gasteiger partial charge in [-0.1, -0.05) is 0 Å². The van der Waals surface area contributed by atoms with Crippen LogP contribution < -0.4 is 25.4 Å². The summed E-state index contributed by atoms with van der Waals surface area (Å²) in [6, 6.07) is 3.29. The van der Waals surface area contributed by atoms with Gasteiger partial charge in [0.2, 0.25) is 15.9 Å². The van der Waals surface area contributed by atoms with Gasteiger partial charge < -0.3 is 15.4 Å². The van der Waals surface area contributed by atoms with Crippen molar-refractivity contribution in [2.75, 3.05) is 23.4 Å². The fraction of sp³-hybridized carbons (Fsp3) is 0.467. The first-order chi connectivity index (χ1) is 11.5. The van der Waals surface area contributed by atoms with Crippen molar-refractivity contribution >= 4 is 33.3 Å². The average Bonchev–Trinajstić information content (AvgIpc) is 2.44. The molecule has 0 aliphatic rings. The van der Waals surface area contributed by atoms with Crippen LogP contribution in [0.2, 0.25) is 0 Å². The SMILES string of the molecule is COc1ccc(N[C@H](C)C(=O)NC(=O)NC(C)C)cc1NS(C)(=O)=O. The fourth-order valence-corrected chi connectivity index (χ4v) is 2.47. The van der Waals surface area contributed by atoms with Crippen LogP contribution in [0, 0.1) is 0 Å². The molecule has 0 radical (unpaired) electrons. The summed E-state index contributed by atoms with van der Waals surface area (Å²) in [6.45, 7) is 5.13. The van der Waals surface area contributed by atoms with E-state index in [0.29, 0.717) is 11.4 Å². The Morgan fingerprint density at radius 1 is 1.16 bits per heavy atom. The molecule has 1 aromatic carbocycles. The molecule has 0 fully saturated rings. The second-order valence-corrected chi connectivity index (χ2v) is 7.52. The summed E-state index contributed by atoms with van der Waals surface area (Å²) in [5.74, 6) is -0.184. The summed E-state index contributed by atoms with van der Waals surface area (Å²) in [4.78, 5) is 23.6. The van der Waals surface area contributed by atoms with Gasteiger partial charge in [-0.25, -0.2) is 13.2 Å². The lowest BCUT2D eigenvalue weighted by molar-refractivity contribution is -0.120. The standard InChI is InChI=1S/C15H24N4O5S/c1-9(2)16-15(21)18-14(20)10(3)17-11-6-7-13(24-4)12(8-11)19-25(5,22)23/h6-10,17,19H,1-5H3,(H2,16,18,20,21)/t10-/m1/s1. The molecule has 0 heterocycles. The number of hydrogen-bond donors (Lipinski definition) is 4. The van der Waals surface area contributed by atoms with E-state index in [9.17, 15) is 18.0 Å². The Bertz CT molecular complexity index is 733. The van der Waals surface area contributed by atoms with E-state index >= 15 is 0 Å². The summed E-state index contributed by atoms with van der Waals surface area (Å²) in [7, 11) is -2.07. The fourth-order valence-electron chi connectivity index (χ4n) is 1.91. The maximum absolute atomic E-state index is 12.0. The Labute approximate surface area is 147 Å². The van der Waals surface area contributed by atoms with Gasteiger partial charge >= 0.3 is 6.03 Å². The molecule has 140 valence electrons. The molecule has 0 bridgehead atoms. The Kier molecular flexibility index (Phi) is 7.04. The number of hydrogen-bond acceptors (Lipinski definition) is 6. The maximum Gasteiger partial charge on any atom is 0.321 e. The Balaban J connectivity index is 2.83. The highest BCUT2D eigenvalue weighted by Gasteiger charge is 2.17. The highest BCUT2D eigenvalue weighted by atomic mass is 32.2. The average molecular weight is 372 g/mol. The molecule has 3 amide bonds. The third-order valence-electron chi connectivity index (χ3n) is 2.93. The van der Waals surface area contributed by atoms with Crippen LogP contribution in [0.4, 0.5) is 16.2 Å². The Morgan fingerprint density at radius 2 is 1.80 bits per heavy atom. The van der Waals surface area contributed by atoms with E-state index < -0.39 is 28.0 Å². The predicted molar refractivity (Wildman–Crippen MR) is 96.4 cm³/mol. The minimum absolute atomic E-state index is 0.0951. The quantitative estimate of drug-likeness (QED) is 0.568. The van der Waals surface area contributed by atoms with Gasteiger partial charge in [-0.2, -0.15) is 0 Å². The monoisotopic (exact) mass is 372 g/mol. The minimum Gasteiger partial charge on any atom is -0.495 e. The van der Waals surface area contributed by atoms with Crippen molar-refractivity contribution in [3.05, 3.63) is 18.2 Å². The van der Waals surface area contributed by atoms with Gasteiger partial charge in [0.1, 0.15) is 11.8 Å². The van der Waals surface area contributed by atoms with Crippen LogP contribution in [0.3, 0.4) is 0 Å². The topological polar surface area (TPSA) is 126 Å². The van der Waals surface area contributed by atoms with E-state index in [2.05, 4.69) is 20.7 Å². The lowest BCUT2D eigenvalue weighted by Gasteiger charge is -2.17. The number of methoxy groups -OCH3 is 1. The summed E-state index contributed by atoms with van der Waals surface area (Å²) in [5.41, 5.74) is 0.721. The molecule has 0 saturated heterocycles. The minimum atomic E-state index is -3.49. The summed E-state index contributed by atoms with van der Waals surface area (Å²) >= 11 is 0. The number of amides is 3. The number of anilines is 2. The van der Waals surface area contributed by atoms with Crippen molar-refractivity contribution in [2.45, 2.75) is 32.9 Å². The Hall–Kier alpha value is -2.49. The number of benzene rings is 1. The first kappa shape index (κ1) is 20.6. The third-order valence-corrected chi connectivity index (χ3v) is 3.52. The van der Waals surface area contributed by atoms with Gasteiger partial charge in [0.25, 0.3) is 0 Å². The number of sulfonamides is 1. The van der Waals surface area contributed by atoms with Gasteiger partial charge in [-0.05, 0) is 39.0 Å². The molecule has 0 aliphatic heterocycles. The van der Waals surface area contributed by atoms with Crippen LogP contribution >= 0.6 is 0 Å². The molecule has 1 rings (SSSR count). The maximum atomic E-state index is 12.0. The normalized spacial score (nSPS) is 12.2. The number of nitrogens with one attached hydrogen (secondary N) is 4. The van der Waals surface area contributed by atoms with Crippen LogP contribution in [0.5, 0.6) is 5.75 Å². The molecule has 4 N–H and O–H groups in total. The number of carbonyl (C=O) groups is 2. The van der Waals surface area contributed by atoms with E-state index in [1.54, 1.807) is 32.9 Å². The number of carbonyl (C=O) groups excluding carboxylic acids is 2. The lowest BCUT2D eigenvalue weighted by Crippen LogP contribution is -2.47. The van der Waals surface area contributed by atoms with Gasteiger partial charge in [-0.3, -0.25) is 14.8 Å². The van der Waals surface area contributed by atoms with Crippen molar-refractivity contribution in [3.8, 4) is 5.75 Å². The smallest absolute Gasteiger partial charge is 0.321 e. The zero-order valence-electron chi connectivity index (χ0n) is 14.8. The van der Waals surface area contributed by atoms with Crippen molar-refractivity contribution in [1.29, 1.82) is 0 Å². The van der Waals surface area contributed by atoms with E-state index in [-0.39, 0.29) is 11.7 Å². The van der Waals surface area contributed by atoms with Gasteiger partial charge in [0, 0.05) is 11.7 Å². The first-order valence-electron chi connectivity index (χ1n) is 7.55. The van der Waals surface area contributed by atoms with Crippen LogP contribution in [0.15, 0.2) is 18.2 Å². The third kappa shape index (κ3) is 7.29. The van der Waals surface area contributed by atoms with Crippen LogP contribution in [-0.2, 0) is 14.8 Å². The largest absolute Gasteiger partial charge is 0.495 e. The van der Waals surface area contributed by atoms with E-state index in [1.807, 2.05) is 0 Å². The molecule has 1 aromatic rings. The molecule has 25 heavy (non-hydrogen) atoms. The molecule has 0 aliphatic carbocycles. The zero-order chi connectivity index (χ0) is 19.2. The van der Waals surface area contributed by atoms with Crippen LogP contribution in [-0.4, -0.2) is 45.8 Å². The van der Waals surface area contributed by atoms with Gasteiger partial charge in [0.05, 0.1) is 19.1 Å². The molecule has 0 unspecified atom stereocenters. The highest BCUT2D eigenvalue weighted by molar-refractivity contribution is 7.92. The van der Waals surface area contributed by atoms with Crippen molar-refractivity contribution in [2.24, 2.45) is 0 Å². The van der Waals surface area contributed by atoms with Crippen LogP contribution in [0.1, 0.15) is 20.8 Å². The predicted octanol–water partition coefficient (Wildman–Crippen LogP) is 1.10. The zero-order valence-corrected chi connectivity index (χ0v) is 15.7. The molecule has 0 aromatic heterocycles. The van der Waals surface area contributed by atoms with E-state index in [1.165, 1.54) is 13.2 Å². The summed E-state index contributed by atoms with van der Waals surface area (Å²) in [5, 5.41) is 7.66. The molecular weight excluding hydrogens is 348 g/mol.